The van der Waals surface area contributed by atoms with Gasteiger partial charge in [0.05, 0.1) is 6.61 Å². The average molecular weight is 208 g/mol. The molecule has 78 valence electrons. The number of nitrogens with two attached hydrogens (primary N) is 1. The number of amides is 1. The predicted molar refractivity (Wildman–Crippen MR) is 53.9 cm³/mol. The Labute approximate surface area is 84.6 Å². The third-order valence-corrected chi connectivity index (χ3v) is 2.61. The van der Waals surface area contributed by atoms with Crippen molar-refractivity contribution < 1.29 is 9.53 Å². The third kappa shape index (κ3) is 5.75. The van der Waals surface area contributed by atoms with Gasteiger partial charge in [-0.25, -0.2) is 4.79 Å². The fraction of sp³-hybridized carbons (Fsp3) is 0.889. The molecule has 4 heteroatoms. The van der Waals surface area contributed by atoms with E-state index >= 15 is 0 Å². The van der Waals surface area contributed by atoms with Crippen LogP contribution in [0.15, 0.2) is 0 Å². The second-order valence-electron chi connectivity index (χ2n) is 3.10. The Morgan fingerprint density at radius 3 is 2.54 bits per heavy atom. The molecule has 2 unspecified atom stereocenters. The van der Waals surface area contributed by atoms with E-state index in [1.165, 1.54) is 0 Å². The van der Waals surface area contributed by atoms with Crippen LogP contribution in [0.2, 0.25) is 0 Å². The van der Waals surface area contributed by atoms with Gasteiger partial charge in [-0.1, -0.05) is 20.3 Å². The first-order chi connectivity index (χ1) is 6.11. The van der Waals surface area contributed by atoms with Crippen LogP contribution in [-0.2, 0) is 4.74 Å². The molecule has 0 aliphatic heterocycles. The number of carbonyl (C=O) groups excluding carboxylic acids is 1. The van der Waals surface area contributed by atoms with Crippen LogP contribution in [0.5, 0.6) is 0 Å². The molecule has 0 radical (unpaired) electrons. The quantitative estimate of drug-likeness (QED) is 0.681. The molecule has 0 bridgehead atoms. The van der Waals surface area contributed by atoms with Crippen LogP contribution < -0.4 is 5.73 Å². The first kappa shape index (κ1) is 12.6. The summed E-state index contributed by atoms with van der Waals surface area (Å²) in [5.41, 5.74) is 4.87. The lowest BCUT2D eigenvalue weighted by molar-refractivity contribution is 0.133. The standard InChI is InChI=1S/C9H18ClNO2/c1-3-5-8(10)7(4-2)6-13-9(11)12/h7-8H,3-6H2,1-2H3,(H2,11,12). The summed E-state index contributed by atoms with van der Waals surface area (Å²) in [5, 5.41) is 0.0781. The van der Waals surface area contributed by atoms with Crippen molar-refractivity contribution in [1.29, 1.82) is 0 Å². The zero-order valence-electron chi connectivity index (χ0n) is 8.25. The minimum absolute atomic E-state index is 0.0781. The second kappa shape index (κ2) is 7.01. The van der Waals surface area contributed by atoms with Crippen LogP contribution in [-0.4, -0.2) is 18.1 Å². The third-order valence-electron chi connectivity index (χ3n) is 2.04. The molecule has 0 aromatic carbocycles. The van der Waals surface area contributed by atoms with Gasteiger partial charge in [0.15, 0.2) is 0 Å². The highest BCUT2D eigenvalue weighted by atomic mass is 35.5. The van der Waals surface area contributed by atoms with Gasteiger partial charge in [-0.05, 0) is 12.8 Å². The van der Waals surface area contributed by atoms with Gasteiger partial charge >= 0.3 is 6.09 Å². The second-order valence-corrected chi connectivity index (χ2v) is 3.66. The van der Waals surface area contributed by atoms with E-state index in [9.17, 15) is 4.79 Å². The highest BCUT2D eigenvalue weighted by Gasteiger charge is 2.17. The number of primary amides is 1. The van der Waals surface area contributed by atoms with Gasteiger partial charge in [0.2, 0.25) is 0 Å². The summed E-state index contributed by atoms with van der Waals surface area (Å²) in [6.07, 6.45) is 2.17. The number of hydrogen-bond acceptors (Lipinski definition) is 2. The number of hydrogen-bond donors (Lipinski definition) is 1. The molecule has 13 heavy (non-hydrogen) atoms. The lowest BCUT2D eigenvalue weighted by Gasteiger charge is -2.19. The van der Waals surface area contributed by atoms with E-state index in [1.54, 1.807) is 0 Å². The summed E-state index contributed by atoms with van der Waals surface area (Å²) in [7, 11) is 0. The van der Waals surface area contributed by atoms with Crippen molar-refractivity contribution >= 4 is 17.7 Å². The van der Waals surface area contributed by atoms with E-state index in [0.29, 0.717) is 6.61 Å². The molecular formula is C9H18ClNO2. The van der Waals surface area contributed by atoms with Crippen LogP contribution in [0.3, 0.4) is 0 Å². The molecule has 0 saturated heterocycles. The maximum Gasteiger partial charge on any atom is 0.404 e. The lowest BCUT2D eigenvalue weighted by Crippen LogP contribution is -2.24. The van der Waals surface area contributed by atoms with Crippen LogP contribution in [0.25, 0.3) is 0 Å². The number of alkyl halides is 1. The van der Waals surface area contributed by atoms with Gasteiger partial charge in [0.25, 0.3) is 0 Å². The van der Waals surface area contributed by atoms with Gasteiger partial charge < -0.3 is 10.5 Å². The van der Waals surface area contributed by atoms with Gasteiger partial charge in [-0.2, -0.15) is 0 Å². The molecule has 0 aromatic rings. The summed E-state index contributed by atoms with van der Waals surface area (Å²) in [5.74, 6) is 0.217. The van der Waals surface area contributed by atoms with Crippen molar-refractivity contribution in [2.45, 2.75) is 38.5 Å². The molecule has 0 aromatic heterocycles. The molecule has 0 aliphatic carbocycles. The summed E-state index contributed by atoms with van der Waals surface area (Å²) >= 11 is 6.10. The normalized spacial score (nSPS) is 15.0. The highest BCUT2D eigenvalue weighted by Crippen LogP contribution is 2.19. The smallest absolute Gasteiger partial charge is 0.404 e. The molecule has 2 N–H and O–H groups in total. The molecule has 0 aliphatic rings. The Hall–Kier alpha value is -0.440. The molecule has 0 saturated carbocycles. The molecule has 3 nitrogen and oxygen atoms in total. The monoisotopic (exact) mass is 207 g/mol. The Bertz CT molecular complexity index is 153. The maximum absolute atomic E-state index is 10.4. The first-order valence-electron chi connectivity index (χ1n) is 4.68. The predicted octanol–water partition coefficient (Wildman–Crippen LogP) is 2.52. The van der Waals surface area contributed by atoms with Crippen LogP contribution >= 0.6 is 11.6 Å². The molecule has 1 amide bonds. The van der Waals surface area contributed by atoms with E-state index in [1.807, 2.05) is 6.92 Å². The Morgan fingerprint density at radius 1 is 1.54 bits per heavy atom. The van der Waals surface area contributed by atoms with Crippen molar-refractivity contribution in [3.8, 4) is 0 Å². The lowest BCUT2D eigenvalue weighted by atomic mass is 10.00. The average Bonchev–Trinajstić information content (AvgIpc) is 2.05. The number of ether oxygens (including phenoxy) is 1. The number of carbonyl (C=O) groups is 1. The largest absolute Gasteiger partial charge is 0.449 e. The summed E-state index contributed by atoms with van der Waals surface area (Å²) in [6.45, 7) is 4.44. The minimum atomic E-state index is -0.723. The summed E-state index contributed by atoms with van der Waals surface area (Å²) in [6, 6.07) is 0. The summed E-state index contributed by atoms with van der Waals surface area (Å²) < 4.78 is 4.72. The van der Waals surface area contributed by atoms with Crippen LogP contribution in [0.1, 0.15) is 33.1 Å². The van der Waals surface area contributed by atoms with Crippen LogP contribution in [0.4, 0.5) is 4.79 Å². The molecule has 2 atom stereocenters. The van der Waals surface area contributed by atoms with Crippen molar-refractivity contribution in [2.75, 3.05) is 6.61 Å². The zero-order valence-corrected chi connectivity index (χ0v) is 9.01. The Morgan fingerprint density at radius 2 is 2.15 bits per heavy atom. The van der Waals surface area contributed by atoms with E-state index < -0.39 is 6.09 Å². The maximum atomic E-state index is 10.4. The van der Waals surface area contributed by atoms with Gasteiger partial charge in [0, 0.05) is 11.3 Å². The zero-order chi connectivity index (χ0) is 10.3. The fourth-order valence-electron chi connectivity index (χ4n) is 1.18. The van der Waals surface area contributed by atoms with E-state index in [-0.39, 0.29) is 11.3 Å². The highest BCUT2D eigenvalue weighted by molar-refractivity contribution is 6.20. The van der Waals surface area contributed by atoms with Crippen molar-refractivity contribution in [2.24, 2.45) is 11.7 Å². The number of halogens is 1. The van der Waals surface area contributed by atoms with Crippen molar-refractivity contribution in [1.82, 2.24) is 0 Å². The molecule has 0 heterocycles. The van der Waals surface area contributed by atoms with Gasteiger partial charge in [-0.3, -0.25) is 0 Å². The molecular weight excluding hydrogens is 190 g/mol. The van der Waals surface area contributed by atoms with Crippen LogP contribution in [0, 0.1) is 5.92 Å². The van der Waals surface area contributed by atoms with E-state index in [0.717, 1.165) is 19.3 Å². The minimum Gasteiger partial charge on any atom is -0.449 e. The Balaban J connectivity index is 3.79. The van der Waals surface area contributed by atoms with Crippen molar-refractivity contribution in [3.05, 3.63) is 0 Å². The van der Waals surface area contributed by atoms with E-state index in [2.05, 4.69) is 6.92 Å². The topological polar surface area (TPSA) is 52.3 Å². The van der Waals surface area contributed by atoms with E-state index in [4.69, 9.17) is 22.1 Å². The fourth-order valence-corrected chi connectivity index (χ4v) is 1.65. The molecule has 0 rings (SSSR count). The SMILES string of the molecule is CCCC(Cl)C(CC)COC(N)=O. The van der Waals surface area contributed by atoms with Crippen molar-refractivity contribution in [3.63, 3.8) is 0 Å². The first-order valence-corrected chi connectivity index (χ1v) is 5.11. The Kier molecular flexibility index (Phi) is 6.77. The molecule has 0 spiro atoms. The van der Waals surface area contributed by atoms with Gasteiger partial charge in [0.1, 0.15) is 0 Å². The molecule has 0 fully saturated rings. The number of rotatable bonds is 6. The van der Waals surface area contributed by atoms with Gasteiger partial charge in [-0.15, -0.1) is 11.6 Å². The summed E-state index contributed by atoms with van der Waals surface area (Å²) in [4.78, 5) is 10.4.